The normalized spacial score (nSPS) is 15.2. The van der Waals surface area contributed by atoms with E-state index in [2.05, 4.69) is 11.2 Å². The Bertz CT molecular complexity index is 1120. The Labute approximate surface area is 183 Å². The molecule has 29 heavy (non-hydrogen) atoms. The molecule has 1 aromatic heterocycles. The molecular formula is C22H17Cl3N2O2. The first-order valence-corrected chi connectivity index (χ1v) is 10.3. The van der Waals surface area contributed by atoms with Crippen LogP contribution in [0.4, 0.5) is 0 Å². The maximum Gasteiger partial charge on any atom is 0.356 e. The molecule has 4 rings (SSSR count). The second kappa shape index (κ2) is 8.23. The monoisotopic (exact) mass is 446 g/mol. The highest BCUT2D eigenvalue weighted by molar-refractivity contribution is 6.35. The van der Waals surface area contributed by atoms with Crippen molar-refractivity contribution >= 4 is 52.4 Å². The van der Waals surface area contributed by atoms with Crippen molar-refractivity contribution in [1.82, 2.24) is 9.78 Å². The Balaban J connectivity index is 1.96. The molecule has 2 aromatic carbocycles. The van der Waals surface area contributed by atoms with Crippen LogP contribution in [0.2, 0.25) is 15.1 Å². The zero-order valence-corrected chi connectivity index (χ0v) is 17.6. The molecule has 1 aliphatic carbocycles. The highest BCUT2D eigenvalue weighted by Gasteiger charge is 2.27. The van der Waals surface area contributed by atoms with Crippen molar-refractivity contribution in [3.63, 3.8) is 0 Å². The summed E-state index contributed by atoms with van der Waals surface area (Å²) in [6, 6.07) is 12.7. The molecule has 0 radical (unpaired) electrons. The molecule has 148 valence electrons. The van der Waals surface area contributed by atoms with Crippen LogP contribution in [0.25, 0.3) is 17.3 Å². The molecular weight excluding hydrogens is 431 g/mol. The van der Waals surface area contributed by atoms with Crippen LogP contribution in [0.15, 0.2) is 42.5 Å². The molecule has 4 nitrogen and oxygen atoms in total. The molecule has 0 saturated carbocycles. The fourth-order valence-corrected chi connectivity index (χ4v) is 4.27. The number of carbonyl (C=O) groups is 1. The summed E-state index contributed by atoms with van der Waals surface area (Å²) in [5.41, 5.74) is 4.20. The maximum atomic E-state index is 11.9. The number of hydrogen-bond donors (Lipinski definition) is 1. The predicted molar refractivity (Wildman–Crippen MR) is 117 cm³/mol. The zero-order chi connectivity index (χ0) is 20.5. The van der Waals surface area contributed by atoms with Crippen LogP contribution in [-0.4, -0.2) is 20.9 Å². The van der Waals surface area contributed by atoms with E-state index in [-0.39, 0.29) is 5.69 Å². The summed E-state index contributed by atoms with van der Waals surface area (Å²) >= 11 is 18.5. The van der Waals surface area contributed by atoms with Gasteiger partial charge in [-0.2, -0.15) is 5.10 Å². The fraction of sp³-hybridized carbons (Fsp3) is 0.182. The molecule has 0 bridgehead atoms. The smallest absolute Gasteiger partial charge is 0.356 e. The second-order valence-electron chi connectivity index (χ2n) is 6.92. The molecule has 1 heterocycles. The van der Waals surface area contributed by atoms with Crippen molar-refractivity contribution < 1.29 is 9.90 Å². The van der Waals surface area contributed by atoms with E-state index in [0.717, 1.165) is 41.7 Å². The van der Waals surface area contributed by atoms with Gasteiger partial charge in [-0.25, -0.2) is 9.48 Å². The highest BCUT2D eigenvalue weighted by atomic mass is 35.5. The first-order valence-electron chi connectivity index (χ1n) is 9.21. The van der Waals surface area contributed by atoms with E-state index in [0.29, 0.717) is 27.2 Å². The van der Waals surface area contributed by atoms with Crippen LogP contribution in [0.3, 0.4) is 0 Å². The number of nitrogens with zero attached hydrogens (tertiary/aromatic N) is 2. The molecule has 3 aromatic rings. The van der Waals surface area contributed by atoms with Crippen molar-refractivity contribution in [3.8, 4) is 5.69 Å². The van der Waals surface area contributed by atoms with E-state index in [1.54, 1.807) is 22.9 Å². The van der Waals surface area contributed by atoms with Crippen LogP contribution in [0.5, 0.6) is 0 Å². The number of carboxylic acid groups (broad SMARTS) is 1. The van der Waals surface area contributed by atoms with E-state index in [9.17, 15) is 9.90 Å². The molecule has 0 spiro atoms. The lowest BCUT2D eigenvalue weighted by Gasteiger charge is -2.13. The second-order valence-corrected chi connectivity index (χ2v) is 8.20. The minimum atomic E-state index is -1.04. The molecule has 1 N–H and O–H groups in total. The lowest BCUT2D eigenvalue weighted by molar-refractivity contribution is 0.0688. The lowest BCUT2D eigenvalue weighted by Crippen LogP contribution is -2.04. The van der Waals surface area contributed by atoms with Gasteiger partial charge in [0.05, 0.1) is 16.4 Å². The summed E-state index contributed by atoms with van der Waals surface area (Å²) in [6.45, 7) is 0. The van der Waals surface area contributed by atoms with Gasteiger partial charge in [-0.3, -0.25) is 0 Å². The number of hydrogen-bond acceptors (Lipinski definition) is 2. The van der Waals surface area contributed by atoms with Crippen LogP contribution >= 0.6 is 34.8 Å². The average Bonchev–Trinajstić information content (AvgIpc) is 2.93. The third-order valence-electron chi connectivity index (χ3n) is 4.96. The lowest BCUT2D eigenvalue weighted by atomic mass is 10.0. The average molecular weight is 448 g/mol. The third-order valence-corrected chi connectivity index (χ3v) is 5.75. The number of aromatic carboxylic acids is 1. The van der Waals surface area contributed by atoms with Gasteiger partial charge in [0, 0.05) is 15.6 Å². The number of allylic oxidation sites excluding steroid dienone is 1. The van der Waals surface area contributed by atoms with E-state index in [1.165, 1.54) is 0 Å². The molecule has 0 aliphatic heterocycles. The molecule has 7 heteroatoms. The standard InChI is InChI=1S/C22H17Cl3N2O2/c23-15-7-5-13(6-8-15)11-14-3-1-2-4-17-20(22(28)29)26-27(21(14)17)19-10-9-16(24)12-18(19)25/h5-12H,1-4H2,(H,28,29). The maximum absolute atomic E-state index is 11.9. The van der Waals surface area contributed by atoms with Crippen molar-refractivity contribution in [2.24, 2.45) is 0 Å². The van der Waals surface area contributed by atoms with Crippen LogP contribution in [-0.2, 0) is 6.42 Å². The fourth-order valence-electron chi connectivity index (χ4n) is 3.65. The molecule has 0 saturated heterocycles. The molecule has 0 amide bonds. The first-order chi connectivity index (χ1) is 13.9. The summed E-state index contributed by atoms with van der Waals surface area (Å²) in [6.07, 6.45) is 5.38. The van der Waals surface area contributed by atoms with Crippen molar-refractivity contribution in [2.75, 3.05) is 0 Å². The van der Waals surface area contributed by atoms with Crippen LogP contribution in [0, 0.1) is 0 Å². The van der Waals surface area contributed by atoms with Gasteiger partial charge >= 0.3 is 5.97 Å². The van der Waals surface area contributed by atoms with Gasteiger partial charge in [0.1, 0.15) is 0 Å². The van der Waals surface area contributed by atoms with Gasteiger partial charge in [-0.05, 0) is 73.2 Å². The first kappa shape index (κ1) is 20.0. The van der Waals surface area contributed by atoms with Gasteiger partial charge in [-0.1, -0.05) is 46.9 Å². The van der Waals surface area contributed by atoms with Crippen LogP contribution < -0.4 is 0 Å². The summed E-state index contributed by atoms with van der Waals surface area (Å²) in [7, 11) is 0. The van der Waals surface area contributed by atoms with E-state index in [4.69, 9.17) is 34.8 Å². The SMILES string of the molecule is O=C(O)c1nn(-c2ccc(Cl)cc2Cl)c2c1CCCCC2=Cc1ccc(Cl)cc1. The number of halogens is 3. The van der Waals surface area contributed by atoms with Crippen LogP contribution in [0.1, 0.15) is 46.6 Å². The molecule has 1 aliphatic rings. The third kappa shape index (κ3) is 4.06. The summed E-state index contributed by atoms with van der Waals surface area (Å²) in [5, 5.41) is 15.8. The van der Waals surface area contributed by atoms with E-state index < -0.39 is 5.97 Å². The minimum Gasteiger partial charge on any atom is -0.476 e. The quantitative estimate of drug-likeness (QED) is 0.449. The van der Waals surface area contributed by atoms with Crippen molar-refractivity contribution in [1.29, 1.82) is 0 Å². The Morgan fingerprint density at radius 3 is 2.38 bits per heavy atom. The van der Waals surface area contributed by atoms with E-state index in [1.807, 2.05) is 24.3 Å². The Hall–Kier alpha value is -2.27. The predicted octanol–water partition coefficient (Wildman–Crippen LogP) is 6.80. The molecule has 0 fully saturated rings. The largest absolute Gasteiger partial charge is 0.476 e. The Morgan fingerprint density at radius 2 is 1.69 bits per heavy atom. The van der Waals surface area contributed by atoms with Gasteiger partial charge < -0.3 is 5.11 Å². The summed E-state index contributed by atoms with van der Waals surface area (Å²) < 4.78 is 1.64. The van der Waals surface area contributed by atoms with E-state index >= 15 is 0 Å². The Morgan fingerprint density at radius 1 is 1.00 bits per heavy atom. The van der Waals surface area contributed by atoms with Gasteiger partial charge in [0.15, 0.2) is 5.69 Å². The summed E-state index contributed by atoms with van der Waals surface area (Å²) in [4.78, 5) is 11.9. The number of rotatable bonds is 3. The Kier molecular flexibility index (Phi) is 5.68. The molecule has 0 atom stereocenters. The number of aromatic nitrogens is 2. The number of carboxylic acids is 1. The van der Waals surface area contributed by atoms with Gasteiger partial charge in [0.25, 0.3) is 0 Å². The summed E-state index contributed by atoms with van der Waals surface area (Å²) in [5.74, 6) is -1.04. The van der Waals surface area contributed by atoms with Crippen molar-refractivity contribution in [3.05, 3.63) is 80.0 Å². The number of benzene rings is 2. The highest BCUT2D eigenvalue weighted by Crippen LogP contribution is 2.36. The number of fused-ring (bicyclic) bond motifs is 1. The van der Waals surface area contributed by atoms with Crippen molar-refractivity contribution in [2.45, 2.75) is 25.7 Å². The minimum absolute atomic E-state index is 0.0647. The van der Waals surface area contributed by atoms with Gasteiger partial charge in [-0.15, -0.1) is 0 Å². The topological polar surface area (TPSA) is 55.1 Å². The molecule has 0 unspecified atom stereocenters. The van der Waals surface area contributed by atoms with Gasteiger partial charge in [0.2, 0.25) is 0 Å². The zero-order valence-electron chi connectivity index (χ0n) is 15.3.